The molecule has 3 aromatic rings. The van der Waals surface area contributed by atoms with Crippen molar-refractivity contribution in [3.8, 4) is 0 Å². The lowest BCUT2D eigenvalue weighted by Crippen LogP contribution is -2.23. The number of nitrogens with zero attached hydrogens (tertiary/aromatic N) is 3. The van der Waals surface area contributed by atoms with Gasteiger partial charge in [-0.25, -0.2) is 4.99 Å². The van der Waals surface area contributed by atoms with Gasteiger partial charge in [0.05, 0.1) is 11.9 Å². The van der Waals surface area contributed by atoms with Crippen LogP contribution >= 0.6 is 0 Å². The van der Waals surface area contributed by atoms with Crippen LogP contribution in [0.25, 0.3) is 11.5 Å². The molecule has 0 bridgehead atoms. The summed E-state index contributed by atoms with van der Waals surface area (Å²) in [4.78, 5) is 5.00. The lowest BCUT2D eigenvalue weighted by Gasteiger charge is -2.14. The number of fused-ring (bicyclic) bond motifs is 1. The van der Waals surface area contributed by atoms with Gasteiger partial charge in [0, 0.05) is 30.8 Å². The van der Waals surface area contributed by atoms with E-state index in [1.165, 1.54) is 22.3 Å². The zero-order valence-corrected chi connectivity index (χ0v) is 20.1. The third kappa shape index (κ3) is 5.25. The lowest BCUT2D eigenvalue weighted by atomic mass is 10.0. The predicted octanol–water partition coefficient (Wildman–Crippen LogP) is 5.68. The van der Waals surface area contributed by atoms with Crippen LogP contribution in [0.2, 0.25) is 0 Å². The highest BCUT2D eigenvalue weighted by Gasteiger charge is 2.17. The topological polar surface area (TPSA) is 54.2 Å². The highest BCUT2D eigenvalue weighted by atomic mass is 15.4. The van der Waals surface area contributed by atoms with Crippen LogP contribution in [0.15, 0.2) is 66.3 Å². The lowest BCUT2D eigenvalue weighted by molar-refractivity contribution is 0.697. The second-order valence-electron chi connectivity index (χ2n) is 8.79. The normalized spacial score (nSPS) is 13.0. The van der Waals surface area contributed by atoms with Gasteiger partial charge < -0.3 is 10.6 Å². The van der Waals surface area contributed by atoms with Gasteiger partial charge in [-0.05, 0) is 69.0 Å². The fourth-order valence-electron chi connectivity index (χ4n) is 4.20. The number of benzene rings is 2. The van der Waals surface area contributed by atoms with Crippen LogP contribution in [0, 0.1) is 27.7 Å². The molecule has 0 aliphatic carbocycles. The standard InChI is InChI=1S/C28H33N5/c1-19-15-20(2)17-24(16-19)23(5)29-13-8-14-30-27-12-11-26(25-10-7-6-9-21(25)3)32-28-22(4)18-31-33(27)28/h6-7,9-10,12,15-18,29-30H,5,8,11,13-14H2,1-4H3. The Labute approximate surface area is 197 Å². The third-order valence-corrected chi connectivity index (χ3v) is 5.90. The van der Waals surface area contributed by atoms with Gasteiger partial charge in [-0.2, -0.15) is 9.78 Å². The van der Waals surface area contributed by atoms with E-state index in [2.05, 4.69) is 98.5 Å². The van der Waals surface area contributed by atoms with Crippen molar-refractivity contribution in [1.82, 2.24) is 20.4 Å². The summed E-state index contributed by atoms with van der Waals surface area (Å²) >= 11 is 0. The van der Waals surface area contributed by atoms with Crippen LogP contribution in [0.3, 0.4) is 0 Å². The quantitative estimate of drug-likeness (QED) is 0.444. The maximum absolute atomic E-state index is 5.00. The van der Waals surface area contributed by atoms with Gasteiger partial charge in [0.25, 0.3) is 0 Å². The van der Waals surface area contributed by atoms with Crippen molar-refractivity contribution in [3.63, 3.8) is 0 Å². The van der Waals surface area contributed by atoms with E-state index in [9.17, 15) is 0 Å². The van der Waals surface area contributed by atoms with E-state index >= 15 is 0 Å². The molecule has 5 nitrogen and oxygen atoms in total. The van der Waals surface area contributed by atoms with Crippen molar-refractivity contribution in [3.05, 3.63) is 94.7 Å². The highest BCUT2D eigenvalue weighted by molar-refractivity contribution is 6.04. The second kappa shape index (κ2) is 9.90. The third-order valence-electron chi connectivity index (χ3n) is 5.90. The number of hydrogen-bond donors (Lipinski definition) is 2. The largest absolute Gasteiger partial charge is 0.385 e. The molecule has 1 aliphatic rings. The van der Waals surface area contributed by atoms with E-state index in [1.54, 1.807) is 0 Å². The van der Waals surface area contributed by atoms with E-state index in [4.69, 9.17) is 4.99 Å². The minimum Gasteiger partial charge on any atom is -0.385 e. The molecule has 0 atom stereocenters. The molecule has 0 saturated heterocycles. The Kier molecular flexibility index (Phi) is 6.78. The van der Waals surface area contributed by atoms with Gasteiger partial charge in [-0.1, -0.05) is 48.0 Å². The summed E-state index contributed by atoms with van der Waals surface area (Å²) in [5.74, 6) is 1.88. The first kappa shape index (κ1) is 22.6. The van der Waals surface area contributed by atoms with Gasteiger partial charge in [0.1, 0.15) is 5.82 Å². The van der Waals surface area contributed by atoms with Crippen LogP contribution in [0.5, 0.6) is 0 Å². The number of aromatic nitrogens is 2. The number of allylic oxidation sites excluding steroid dienone is 1. The molecule has 5 heteroatoms. The van der Waals surface area contributed by atoms with Crippen LogP contribution in [0.4, 0.5) is 5.82 Å². The Balaban J connectivity index is 1.38. The van der Waals surface area contributed by atoms with Crippen molar-refractivity contribution < 1.29 is 0 Å². The molecule has 170 valence electrons. The van der Waals surface area contributed by atoms with Gasteiger partial charge in [0.2, 0.25) is 0 Å². The summed E-state index contributed by atoms with van der Waals surface area (Å²) in [6, 6.07) is 14.9. The fraction of sp³-hybridized carbons (Fsp3) is 0.286. The average Bonchev–Trinajstić information content (AvgIpc) is 3.03. The van der Waals surface area contributed by atoms with Crippen molar-refractivity contribution in [2.24, 2.45) is 4.99 Å². The number of aliphatic imine (C=N–C) groups is 1. The predicted molar refractivity (Wildman–Crippen MR) is 139 cm³/mol. The molecule has 2 aromatic carbocycles. The smallest absolute Gasteiger partial charge is 0.160 e. The number of nitrogens with one attached hydrogen (secondary N) is 2. The summed E-state index contributed by atoms with van der Waals surface area (Å²) in [5, 5.41) is 11.6. The maximum Gasteiger partial charge on any atom is 0.160 e. The van der Waals surface area contributed by atoms with E-state index in [0.29, 0.717) is 0 Å². The summed E-state index contributed by atoms with van der Waals surface area (Å²) in [6.07, 6.45) is 5.79. The molecule has 33 heavy (non-hydrogen) atoms. The van der Waals surface area contributed by atoms with Crippen molar-refractivity contribution in [2.75, 3.05) is 13.1 Å². The minimum absolute atomic E-state index is 0.762. The zero-order valence-electron chi connectivity index (χ0n) is 20.1. The SMILES string of the molecule is C=C(NCCCNC1=CCC(c2ccccc2C)=Nc2c(C)cnn21)c1cc(C)cc(C)c1. The van der Waals surface area contributed by atoms with Crippen molar-refractivity contribution >= 4 is 23.0 Å². The van der Waals surface area contributed by atoms with Gasteiger partial charge >= 0.3 is 0 Å². The van der Waals surface area contributed by atoms with E-state index < -0.39 is 0 Å². The molecule has 0 spiro atoms. The van der Waals surface area contributed by atoms with Gasteiger partial charge in [-0.3, -0.25) is 0 Å². The molecule has 0 saturated carbocycles. The summed E-state index contributed by atoms with van der Waals surface area (Å²) in [6.45, 7) is 14.3. The fourth-order valence-corrected chi connectivity index (χ4v) is 4.20. The Morgan fingerprint density at radius 1 is 1.00 bits per heavy atom. The molecule has 1 aliphatic heterocycles. The van der Waals surface area contributed by atoms with Crippen LogP contribution in [0.1, 0.15) is 46.2 Å². The summed E-state index contributed by atoms with van der Waals surface area (Å²) in [5.41, 5.74) is 9.21. The summed E-state index contributed by atoms with van der Waals surface area (Å²) in [7, 11) is 0. The molecule has 0 fully saturated rings. The van der Waals surface area contributed by atoms with Crippen LogP contribution in [-0.2, 0) is 0 Å². The number of hydrogen-bond acceptors (Lipinski definition) is 4. The zero-order chi connectivity index (χ0) is 23.4. The molecule has 1 aromatic heterocycles. The molecular formula is C28H33N5. The second-order valence-corrected chi connectivity index (χ2v) is 8.79. The van der Waals surface area contributed by atoms with Gasteiger partial charge in [0.15, 0.2) is 5.82 Å². The van der Waals surface area contributed by atoms with Crippen LogP contribution < -0.4 is 10.6 Å². The van der Waals surface area contributed by atoms with Crippen molar-refractivity contribution in [1.29, 1.82) is 0 Å². The first-order valence-corrected chi connectivity index (χ1v) is 11.6. The Hall–Kier alpha value is -3.60. The minimum atomic E-state index is 0.762. The number of aryl methyl sites for hydroxylation is 4. The molecule has 2 N–H and O–H groups in total. The number of rotatable bonds is 8. The van der Waals surface area contributed by atoms with Gasteiger partial charge in [-0.15, -0.1) is 0 Å². The summed E-state index contributed by atoms with van der Waals surface area (Å²) < 4.78 is 1.92. The molecule has 0 unspecified atom stereocenters. The maximum atomic E-state index is 5.00. The highest BCUT2D eigenvalue weighted by Crippen LogP contribution is 2.27. The molecule has 2 heterocycles. The van der Waals surface area contributed by atoms with E-state index in [1.807, 2.05) is 10.9 Å². The van der Waals surface area contributed by atoms with Crippen LogP contribution in [-0.4, -0.2) is 28.6 Å². The molecule has 0 radical (unpaired) electrons. The van der Waals surface area contributed by atoms with E-state index in [-0.39, 0.29) is 0 Å². The molecule has 4 rings (SSSR count). The van der Waals surface area contributed by atoms with E-state index in [0.717, 1.165) is 60.1 Å². The first-order chi connectivity index (χ1) is 15.9. The monoisotopic (exact) mass is 439 g/mol. The average molecular weight is 440 g/mol. The first-order valence-electron chi connectivity index (χ1n) is 11.6. The van der Waals surface area contributed by atoms with Crippen molar-refractivity contribution in [2.45, 2.75) is 40.5 Å². The Bertz CT molecular complexity index is 1210. The Morgan fingerprint density at radius 3 is 2.52 bits per heavy atom. The Morgan fingerprint density at radius 2 is 1.76 bits per heavy atom. The molecular weight excluding hydrogens is 406 g/mol. The molecule has 0 amide bonds.